The van der Waals surface area contributed by atoms with E-state index in [9.17, 15) is 18.0 Å². The third-order valence-corrected chi connectivity index (χ3v) is 7.91. The minimum absolute atomic E-state index is 0.00452. The third kappa shape index (κ3) is 3.06. The Morgan fingerprint density at radius 2 is 1.69 bits per heavy atom. The van der Waals surface area contributed by atoms with E-state index in [1.807, 2.05) is 19.1 Å². The zero-order chi connectivity index (χ0) is 22.6. The molecule has 0 spiro atoms. The fourth-order valence-electron chi connectivity index (χ4n) is 4.22. The number of nitrogens with one attached hydrogen (secondary N) is 1. The molecule has 162 valence electrons. The molecule has 4 aromatic rings. The van der Waals surface area contributed by atoms with Gasteiger partial charge in [-0.3, -0.25) is 9.10 Å². The van der Waals surface area contributed by atoms with Crippen molar-refractivity contribution in [2.24, 2.45) is 0 Å². The van der Waals surface area contributed by atoms with Crippen LogP contribution in [0, 0.1) is 0 Å². The van der Waals surface area contributed by atoms with Crippen LogP contribution < -0.4 is 15.6 Å². The maximum absolute atomic E-state index is 13.6. The topological polar surface area (TPSA) is 92.2 Å². The Kier molecular flexibility index (Phi) is 4.72. The van der Waals surface area contributed by atoms with Crippen molar-refractivity contribution in [3.05, 3.63) is 98.2 Å². The third-order valence-electron chi connectivity index (χ3n) is 5.67. The SMILES string of the molecule is CC1Cc2ccccc2N1S(=O)(=O)c1ccc(Cl)c(-n2c(=O)[nH]c3ccccc3c2=O)c1. The minimum Gasteiger partial charge on any atom is -0.306 e. The van der Waals surface area contributed by atoms with Gasteiger partial charge in [0, 0.05) is 6.04 Å². The largest absolute Gasteiger partial charge is 0.333 e. The highest BCUT2D eigenvalue weighted by Gasteiger charge is 2.36. The lowest BCUT2D eigenvalue weighted by Gasteiger charge is -2.25. The molecular formula is C23H18ClN3O4S. The van der Waals surface area contributed by atoms with Gasteiger partial charge in [-0.25, -0.2) is 17.8 Å². The Morgan fingerprint density at radius 3 is 2.50 bits per heavy atom. The first-order chi connectivity index (χ1) is 15.3. The van der Waals surface area contributed by atoms with Crippen molar-refractivity contribution in [3.8, 4) is 5.69 Å². The summed E-state index contributed by atoms with van der Waals surface area (Å²) in [6, 6.07) is 17.7. The van der Waals surface area contributed by atoms with E-state index in [-0.39, 0.29) is 21.6 Å². The van der Waals surface area contributed by atoms with Gasteiger partial charge in [0.2, 0.25) is 0 Å². The summed E-state index contributed by atoms with van der Waals surface area (Å²) in [6.45, 7) is 1.84. The summed E-state index contributed by atoms with van der Waals surface area (Å²) in [6.07, 6.45) is 0.597. The molecule has 1 aromatic heterocycles. The molecule has 7 nitrogen and oxygen atoms in total. The number of aromatic amines is 1. The van der Waals surface area contributed by atoms with Crippen molar-refractivity contribution in [2.75, 3.05) is 4.31 Å². The first kappa shape index (κ1) is 20.5. The van der Waals surface area contributed by atoms with Gasteiger partial charge in [-0.15, -0.1) is 0 Å². The van der Waals surface area contributed by atoms with Gasteiger partial charge in [0.15, 0.2) is 0 Å². The maximum Gasteiger partial charge on any atom is 0.333 e. The summed E-state index contributed by atoms with van der Waals surface area (Å²) in [4.78, 5) is 28.4. The van der Waals surface area contributed by atoms with Crippen LogP contribution in [0.1, 0.15) is 12.5 Å². The molecule has 0 amide bonds. The number of hydrogen-bond donors (Lipinski definition) is 1. The number of aromatic nitrogens is 2. The molecule has 0 aliphatic carbocycles. The number of fused-ring (bicyclic) bond motifs is 2. The number of sulfonamides is 1. The van der Waals surface area contributed by atoms with Gasteiger partial charge in [-0.2, -0.15) is 0 Å². The molecule has 1 N–H and O–H groups in total. The molecule has 9 heteroatoms. The minimum atomic E-state index is -3.97. The highest BCUT2D eigenvalue weighted by atomic mass is 35.5. The zero-order valence-electron chi connectivity index (χ0n) is 16.9. The summed E-state index contributed by atoms with van der Waals surface area (Å²) >= 11 is 6.32. The average molecular weight is 468 g/mol. The molecule has 1 atom stereocenters. The van der Waals surface area contributed by atoms with E-state index in [0.29, 0.717) is 23.0 Å². The van der Waals surface area contributed by atoms with Crippen molar-refractivity contribution in [2.45, 2.75) is 24.3 Å². The lowest BCUT2D eigenvalue weighted by atomic mass is 10.1. The standard InChI is InChI=1S/C23H18ClN3O4S/c1-14-12-15-6-2-5-9-20(15)27(14)32(30,31)16-10-11-18(24)21(13-16)26-22(28)17-7-3-4-8-19(17)25-23(26)29/h2-11,13-14H,12H2,1H3,(H,25,29). The predicted molar refractivity (Wildman–Crippen MR) is 124 cm³/mol. The smallest absolute Gasteiger partial charge is 0.306 e. The number of para-hydroxylation sites is 2. The van der Waals surface area contributed by atoms with Crippen LogP contribution in [-0.2, 0) is 16.4 Å². The Morgan fingerprint density at radius 1 is 0.969 bits per heavy atom. The molecule has 0 bridgehead atoms. The van der Waals surface area contributed by atoms with E-state index >= 15 is 0 Å². The van der Waals surface area contributed by atoms with Gasteiger partial charge < -0.3 is 4.98 Å². The van der Waals surface area contributed by atoms with Crippen molar-refractivity contribution in [3.63, 3.8) is 0 Å². The molecule has 3 aromatic carbocycles. The molecule has 32 heavy (non-hydrogen) atoms. The Labute approximate surface area is 188 Å². The zero-order valence-corrected chi connectivity index (χ0v) is 18.5. The molecule has 1 aliphatic rings. The molecule has 0 fully saturated rings. The number of hydrogen-bond acceptors (Lipinski definition) is 4. The quantitative estimate of drug-likeness (QED) is 0.499. The van der Waals surface area contributed by atoms with E-state index in [2.05, 4.69) is 4.98 Å². The molecule has 0 saturated carbocycles. The second kappa shape index (κ2) is 7.36. The van der Waals surface area contributed by atoms with Crippen molar-refractivity contribution < 1.29 is 8.42 Å². The van der Waals surface area contributed by atoms with Crippen LogP contribution in [0.25, 0.3) is 16.6 Å². The summed E-state index contributed by atoms with van der Waals surface area (Å²) in [5.74, 6) is 0. The average Bonchev–Trinajstić information content (AvgIpc) is 3.11. The van der Waals surface area contributed by atoms with Gasteiger partial charge in [0.1, 0.15) is 0 Å². The second-order valence-electron chi connectivity index (χ2n) is 7.71. The fourth-order valence-corrected chi connectivity index (χ4v) is 6.14. The van der Waals surface area contributed by atoms with Crippen LogP contribution in [0.4, 0.5) is 5.69 Å². The Balaban J connectivity index is 1.71. The highest BCUT2D eigenvalue weighted by molar-refractivity contribution is 7.92. The lowest BCUT2D eigenvalue weighted by molar-refractivity contribution is 0.584. The van der Waals surface area contributed by atoms with Gasteiger partial charge in [0.05, 0.1) is 32.2 Å². The van der Waals surface area contributed by atoms with Gasteiger partial charge in [0.25, 0.3) is 15.6 Å². The normalized spacial score (nSPS) is 15.8. The van der Waals surface area contributed by atoms with Crippen LogP contribution >= 0.6 is 11.6 Å². The highest BCUT2D eigenvalue weighted by Crippen LogP contribution is 2.37. The van der Waals surface area contributed by atoms with Crippen LogP contribution in [-0.4, -0.2) is 24.0 Å². The van der Waals surface area contributed by atoms with Gasteiger partial charge >= 0.3 is 5.69 Å². The second-order valence-corrected chi connectivity index (χ2v) is 9.93. The van der Waals surface area contributed by atoms with Crippen LogP contribution in [0.5, 0.6) is 0 Å². The van der Waals surface area contributed by atoms with E-state index in [0.717, 1.165) is 10.1 Å². The molecule has 0 saturated heterocycles. The summed E-state index contributed by atoms with van der Waals surface area (Å²) in [7, 11) is -3.97. The first-order valence-electron chi connectivity index (χ1n) is 9.95. The molecule has 1 aliphatic heterocycles. The number of halogens is 1. The number of anilines is 1. The predicted octanol–water partition coefficient (Wildman–Crippen LogP) is 3.47. The number of benzene rings is 3. The molecule has 5 rings (SSSR count). The van der Waals surface area contributed by atoms with E-state index in [1.54, 1.807) is 36.4 Å². The fraction of sp³-hybridized carbons (Fsp3) is 0.130. The Bertz CT molecular complexity index is 1610. The van der Waals surface area contributed by atoms with Crippen LogP contribution in [0.2, 0.25) is 5.02 Å². The van der Waals surface area contributed by atoms with Crippen molar-refractivity contribution in [1.82, 2.24) is 9.55 Å². The molecule has 1 unspecified atom stereocenters. The molecule has 0 radical (unpaired) electrons. The van der Waals surface area contributed by atoms with E-state index < -0.39 is 21.3 Å². The van der Waals surface area contributed by atoms with Crippen LogP contribution in [0.15, 0.2) is 81.2 Å². The summed E-state index contributed by atoms with van der Waals surface area (Å²) in [5, 5.41) is 0.375. The van der Waals surface area contributed by atoms with Gasteiger partial charge in [-0.05, 0) is 55.3 Å². The lowest BCUT2D eigenvalue weighted by Crippen LogP contribution is -2.36. The number of H-pyrrole nitrogens is 1. The number of rotatable bonds is 3. The van der Waals surface area contributed by atoms with E-state index in [1.165, 1.54) is 22.5 Å². The maximum atomic E-state index is 13.6. The van der Waals surface area contributed by atoms with E-state index in [4.69, 9.17) is 11.6 Å². The monoisotopic (exact) mass is 467 g/mol. The summed E-state index contributed by atoms with van der Waals surface area (Å²) in [5.41, 5.74) is 0.675. The van der Waals surface area contributed by atoms with Crippen LogP contribution in [0.3, 0.4) is 0 Å². The number of nitrogens with zero attached hydrogens (tertiary/aromatic N) is 2. The van der Waals surface area contributed by atoms with Crippen molar-refractivity contribution >= 4 is 38.2 Å². The molecular weight excluding hydrogens is 450 g/mol. The van der Waals surface area contributed by atoms with Gasteiger partial charge in [-0.1, -0.05) is 41.9 Å². The first-order valence-corrected chi connectivity index (χ1v) is 11.8. The molecule has 2 heterocycles. The Hall–Kier alpha value is -3.36. The summed E-state index contributed by atoms with van der Waals surface area (Å²) < 4.78 is 29.4. The van der Waals surface area contributed by atoms with Crippen molar-refractivity contribution in [1.29, 1.82) is 0 Å².